The second-order valence-corrected chi connectivity index (χ2v) is 5.49. The van der Waals surface area contributed by atoms with Gasteiger partial charge >= 0.3 is 0 Å². The van der Waals surface area contributed by atoms with Gasteiger partial charge in [-0.15, -0.1) is 11.8 Å². The fourth-order valence-corrected chi connectivity index (χ4v) is 2.91. The summed E-state index contributed by atoms with van der Waals surface area (Å²) in [6.07, 6.45) is 2.43. The number of aryl methyl sites for hydroxylation is 2. The lowest BCUT2D eigenvalue weighted by Crippen LogP contribution is -1.91. The van der Waals surface area contributed by atoms with Gasteiger partial charge in [-0.05, 0) is 12.0 Å². The highest BCUT2D eigenvalue weighted by molar-refractivity contribution is 7.99. The third-order valence-electron chi connectivity index (χ3n) is 3.03. The van der Waals surface area contributed by atoms with Gasteiger partial charge in [0.25, 0.3) is 0 Å². The van der Waals surface area contributed by atoms with Crippen molar-refractivity contribution in [1.29, 1.82) is 0 Å². The predicted molar refractivity (Wildman–Crippen MR) is 78.8 cm³/mol. The maximum absolute atomic E-state index is 9.83. The molecule has 0 bridgehead atoms. The van der Waals surface area contributed by atoms with Crippen LogP contribution in [-0.2, 0) is 13.5 Å². The van der Waals surface area contributed by atoms with Gasteiger partial charge in [0.1, 0.15) is 16.9 Å². The van der Waals surface area contributed by atoms with Crippen LogP contribution in [0.2, 0.25) is 0 Å². The molecule has 6 heteroatoms. The standard InChI is InChI=1S/C14H14N4OS/c1-18-14(19)12-11(17-18)13(16-9-15-12)20-8-7-10-5-3-2-4-6-10/h2-6,9,19H,7-8H2,1H3. The number of fused-ring (bicyclic) bond motifs is 1. The van der Waals surface area contributed by atoms with Crippen molar-refractivity contribution in [2.24, 2.45) is 7.05 Å². The normalized spacial score (nSPS) is 11.1. The molecule has 102 valence electrons. The van der Waals surface area contributed by atoms with E-state index in [9.17, 15) is 5.11 Å². The number of hydrogen-bond donors (Lipinski definition) is 1. The summed E-state index contributed by atoms with van der Waals surface area (Å²) in [5.74, 6) is 0.986. The molecule has 0 amide bonds. The van der Waals surface area contributed by atoms with Crippen molar-refractivity contribution in [3.05, 3.63) is 42.2 Å². The van der Waals surface area contributed by atoms with Crippen LogP contribution in [-0.4, -0.2) is 30.6 Å². The SMILES string of the molecule is Cn1nc2c(SCCc3ccccc3)ncnc2c1O. The summed E-state index contributed by atoms with van der Waals surface area (Å²) in [5.41, 5.74) is 2.46. The number of thioether (sulfide) groups is 1. The van der Waals surface area contributed by atoms with Crippen molar-refractivity contribution in [3.8, 4) is 5.88 Å². The van der Waals surface area contributed by atoms with Crippen molar-refractivity contribution in [2.45, 2.75) is 11.4 Å². The fraction of sp³-hybridized carbons (Fsp3) is 0.214. The number of hydrogen-bond acceptors (Lipinski definition) is 5. The molecule has 20 heavy (non-hydrogen) atoms. The number of nitrogens with zero attached hydrogens (tertiary/aromatic N) is 4. The van der Waals surface area contributed by atoms with E-state index in [0.29, 0.717) is 11.0 Å². The van der Waals surface area contributed by atoms with Crippen LogP contribution in [0.25, 0.3) is 11.0 Å². The van der Waals surface area contributed by atoms with Gasteiger partial charge in [0, 0.05) is 12.8 Å². The first-order valence-corrected chi connectivity index (χ1v) is 7.27. The first-order chi connectivity index (χ1) is 9.75. The van der Waals surface area contributed by atoms with Crippen molar-refractivity contribution >= 4 is 22.8 Å². The molecule has 3 rings (SSSR count). The average Bonchev–Trinajstić information content (AvgIpc) is 2.77. The number of aromatic hydroxyl groups is 1. The van der Waals surface area contributed by atoms with E-state index in [0.717, 1.165) is 17.2 Å². The largest absolute Gasteiger partial charge is 0.492 e. The first kappa shape index (κ1) is 12.9. The van der Waals surface area contributed by atoms with Crippen LogP contribution < -0.4 is 0 Å². The molecule has 3 aromatic rings. The van der Waals surface area contributed by atoms with Gasteiger partial charge in [0.15, 0.2) is 5.52 Å². The van der Waals surface area contributed by atoms with E-state index in [1.54, 1.807) is 18.8 Å². The quantitative estimate of drug-likeness (QED) is 0.589. The molecule has 0 spiro atoms. The number of rotatable bonds is 4. The van der Waals surface area contributed by atoms with Crippen LogP contribution in [0, 0.1) is 0 Å². The van der Waals surface area contributed by atoms with E-state index in [-0.39, 0.29) is 5.88 Å². The minimum Gasteiger partial charge on any atom is -0.492 e. The second kappa shape index (κ2) is 5.50. The Kier molecular flexibility index (Phi) is 3.56. The molecule has 0 aliphatic heterocycles. The van der Waals surface area contributed by atoms with Gasteiger partial charge in [-0.3, -0.25) is 0 Å². The summed E-state index contributed by atoms with van der Waals surface area (Å²) in [6, 6.07) is 10.3. The summed E-state index contributed by atoms with van der Waals surface area (Å²) < 4.78 is 1.42. The van der Waals surface area contributed by atoms with Gasteiger partial charge < -0.3 is 5.11 Å². The number of benzene rings is 1. The molecule has 1 aromatic carbocycles. The van der Waals surface area contributed by atoms with Crippen molar-refractivity contribution < 1.29 is 5.11 Å². The minimum absolute atomic E-state index is 0.0762. The minimum atomic E-state index is 0.0762. The van der Waals surface area contributed by atoms with Gasteiger partial charge in [-0.2, -0.15) is 5.10 Å². The van der Waals surface area contributed by atoms with Crippen molar-refractivity contribution in [2.75, 3.05) is 5.75 Å². The third-order valence-corrected chi connectivity index (χ3v) is 4.01. The molecule has 0 radical (unpaired) electrons. The van der Waals surface area contributed by atoms with E-state index in [2.05, 4.69) is 27.2 Å². The Balaban J connectivity index is 1.76. The van der Waals surface area contributed by atoms with Crippen LogP contribution in [0.15, 0.2) is 41.7 Å². The highest BCUT2D eigenvalue weighted by atomic mass is 32.2. The molecule has 0 aliphatic rings. The molecule has 0 atom stereocenters. The van der Waals surface area contributed by atoms with Gasteiger partial charge in [-0.1, -0.05) is 30.3 Å². The monoisotopic (exact) mass is 286 g/mol. The Bertz CT molecular complexity index is 727. The van der Waals surface area contributed by atoms with Crippen molar-refractivity contribution in [3.63, 3.8) is 0 Å². The molecular formula is C14H14N4OS. The lowest BCUT2D eigenvalue weighted by molar-refractivity contribution is 0.423. The van der Waals surface area contributed by atoms with Crippen molar-refractivity contribution in [1.82, 2.24) is 19.7 Å². The third kappa shape index (κ3) is 2.46. The summed E-state index contributed by atoms with van der Waals surface area (Å²) in [7, 11) is 1.69. The lowest BCUT2D eigenvalue weighted by Gasteiger charge is -2.01. The highest BCUT2D eigenvalue weighted by Crippen LogP contribution is 2.28. The van der Waals surface area contributed by atoms with Crippen LogP contribution >= 0.6 is 11.8 Å². The van der Waals surface area contributed by atoms with Crippen LogP contribution in [0.3, 0.4) is 0 Å². The zero-order valence-corrected chi connectivity index (χ0v) is 11.8. The predicted octanol–water partition coefficient (Wildman–Crippen LogP) is 2.40. The Morgan fingerprint density at radius 3 is 2.75 bits per heavy atom. The Labute approximate surface area is 120 Å². The smallest absolute Gasteiger partial charge is 0.236 e. The molecule has 2 aromatic heterocycles. The van der Waals surface area contributed by atoms with Gasteiger partial charge in [-0.25, -0.2) is 14.6 Å². The van der Waals surface area contributed by atoms with E-state index >= 15 is 0 Å². The highest BCUT2D eigenvalue weighted by Gasteiger charge is 2.13. The molecule has 5 nitrogen and oxygen atoms in total. The lowest BCUT2D eigenvalue weighted by atomic mass is 10.2. The summed E-state index contributed by atoms with van der Waals surface area (Å²) in [4.78, 5) is 8.33. The van der Waals surface area contributed by atoms with E-state index < -0.39 is 0 Å². The Morgan fingerprint density at radius 1 is 1.15 bits per heavy atom. The molecule has 0 unspecified atom stereocenters. The second-order valence-electron chi connectivity index (χ2n) is 4.41. The van der Waals surface area contributed by atoms with Crippen LogP contribution in [0.1, 0.15) is 5.56 Å². The zero-order valence-electron chi connectivity index (χ0n) is 11.0. The molecule has 0 saturated carbocycles. The summed E-state index contributed by atoms with van der Waals surface area (Å²) >= 11 is 1.63. The first-order valence-electron chi connectivity index (χ1n) is 6.29. The molecule has 2 heterocycles. The topological polar surface area (TPSA) is 63.8 Å². The fourth-order valence-electron chi connectivity index (χ4n) is 1.98. The van der Waals surface area contributed by atoms with Crippen LogP contribution in [0.4, 0.5) is 0 Å². The van der Waals surface area contributed by atoms with Gasteiger partial charge in [0.05, 0.1) is 0 Å². The van der Waals surface area contributed by atoms with Gasteiger partial charge in [0.2, 0.25) is 5.88 Å². The van der Waals surface area contributed by atoms with E-state index in [1.165, 1.54) is 16.6 Å². The van der Waals surface area contributed by atoms with Crippen LogP contribution in [0.5, 0.6) is 5.88 Å². The number of aromatic nitrogens is 4. The zero-order chi connectivity index (χ0) is 13.9. The maximum atomic E-state index is 9.83. The molecule has 0 fully saturated rings. The maximum Gasteiger partial charge on any atom is 0.236 e. The molecule has 0 aliphatic carbocycles. The van der Waals surface area contributed by atoms with E-state index in [4.69, 9.17) is 0 Å². The Morgan fingerprint density at radius 2 is 1.95 bits per heavy atom. The average molecular weight is 286 g/mol. The molecular weight excluding hydrogens is 272 g/mol. The van der Waals surface area contributed by atoms with E-state index in [1.807, 2.05) is 18.2 Å². The molecule has 0 saturated heterocycles. The molecule has 1 N–H and O–H groups in total. The Hall–Kier alpha value is -2.08. The summed E-state index contributed by atoms with van der Waals surface area (Å²) in [6.45, 7) is 0. The summed E-state index contributed by atoms with van der Waals surface area (Å²) in [5, 5.41) is 14.9.